The Hall–Kier alpha value is -2.74. The van der Waals surface area contributed by atoms with E-state index in [0.717, 1.165) is 0 Å². The van der Waals surface area contributed by atoms with Gasteiger partial charge in [-0.2, -0.15) is 0 Å². The number of rotatable bonds is 7. The summed E-state index contributed by atoms with van der Waals surface area (Å²) in [5.41, 5.74) is 0.552. The molecule has 0 N–H and O–H groups in total. The van der Waals surface area contributed by atoms with Crippen LogP contribution in [0.4, 0.5) is 0 Å². The number of benzene rings is 1. The van der Waals surface area contributed by atoms with Gasteiger partial charge in [0.15, 0.2) is 34.0 Å². The van der Waals surface area contributed by atoms with E-state index in [1.807, 2.05) is 24.6 Å². The van der Waals surface area contributed by atoms with Crippen LogP contribution in [0.3, 0.4) is 0 Å². The molecular weight excluding hydrogens is 354 g/mol. The Kier molecular flexibility index (Phi) is 5.32. The third-order valence-electron chi connectivity index (χ3n) is 3.90. The quantitative estimate of drug-likeness (QED) is 0.463. The Balaban J connectivity index is 1.78. The molecule has 0 saturated carbocycles. The number of Topliss-reactive ketones (excluding diaryl/α,β-unsaturated/α-hetero) is 1. The third kappa shape index (κ3) is 3.45. The zero-order valence-corrected chi connectivity index (χ0v) is 15.7. The molecule has 7 nitrogen and oxygen atoms in total. The molecule has 2 aromatic heterocycles. The highest BCUT2D eigenvalue weighted by Crippen LogP contribution is 2.31. The number of ketones is 1. The van der Waals surface area contributed by atoms with Gasteiger partial charge in [-0.25, -0.2) is 0 Å². The highest BCUT2D eigenvalue weighted by Gasteiger charge is 2.22. The number of hydrogen-bond donors (Lipinski definition) is 0. The van der Waals surface area contributed by atoms with Crippen LogP contribution >= 0.6 is 11.8 Å². The van der Waals surface area contributed by atoms with Crippen LogP contribution in [0.15, 0.2) is 46.2 Å². The summed E-state index contributed by atoms with van der Waals surface area (Å²) < 4.78 is 17.6. The lowest BCUT2D eigenvalue weighted by Crippen LogP contribution is -2.14. The van der Waals surface area contributed by atoms with Crippen molar-refractivity contribution in [3.63, 3.8) is 0 Å². The SMILES string of the molecule is COc1ccc(C(=O)[C@@H](C)Sc2nnc(-c3ccco3)n2C)cc1OC. The second-order valence-corrected chi connectivity index (χ2v) is 6.84. The van der Waals surface area contributed by atoms with Crippen LogP contribution in [-0.2, 0) is 7.05 Å². The average molecular weight is 373 g/mol. The topological polar surface area (TPSA) is 79.4 Å². The van der Waals surface area contributed by atoms with Gasteiger partial charge in [0, 0.05) is 12.6 Å². The van der Waals surface area contributed by atoms with Gasteiger partial charge in [-0.15, -0.1) is 10.2 Å². The Morgan fingerprint density at radius 1 is 1.19 bits per heavy atom. The second kappa shape index (κ2) is 7.65. The first-order valence-electron chi connectivity index (χ1n) is 7.91. The van der Waals surface area contributed by atoms with Crippen molar-refractivity contribution in [2.45, 2.75) is 17.3 Å². The number of carbonyl (C=O) groups is 1. The second-order valence-electron chi connectivity index (χ2n) is 5.54. The average Bonchev–Trinajstić information content (AvgIpc) is 3.31. The normalized spacial score (nSPS) is 12.0. The number of hydrogen-bond acceptors (Lipinski definition) is 7. The van der Waals surface area contributed by atoms with Gasteiger partial charge in [0.25, 0.3) is 0 Å². The number of methoxy groups -OCH3 is 2. The standard InChI is InChI=1S/C18H19N3O4S/c1-11(16(22)12-7-8-13(23-3)15(10-12)24-4)26-18-20-19-17(21(18)2)14-6-5-9-25-14/h5-11H,1-4H3/t11-/m1/s1. The molecule has 8 heteroatoms. The zero-order chi connectivity index (χ0) is 18.7. The van der Waals surface area contributed by atoms with Crippen molar-refractivity contribution >= 4 is 17.5 Å². The van der Waals surface area contributed by atoms with Crippen molar-refractivity contribution in [2.75, 3.05) is 14.2 Å². The molecule has 0 radical (unpaired) electrons. The van der Waals surface area contributed by atoms with Gasteiger partial charge < -0.3 is 18.5 Å². The summed E-state index contributed by atoms with van der Waals surface area (Å²) in [6, 6.07) is 8.74. The Labute approximate surface area is 155 Å². The fourth-order valence-corrected chi connectivity index (χ4v) is 3.37. The Morgan fingerprint density at radius 3 is 2.62 bits per heavy atom. The molecule has 0 aliphatic carbocycles. The first-order chi connectivity index (χ1) is 12.5. The van der Waals surface area contributed by atoms with Crippen LogP contribution in [-0.4, -0.2) is 40.0 Å². The van der Waals surface area contributed by atoms with E-state index in [-0.39, 0.29) is 11.0 Å². The molecule has 0 amide bonds. The molecule has 0 spiro atoms. The third-order valence-corrected chi connectivity index (χ3v) is 5.03. The van der Waals surface area contributed by atoms with Crippen LogP contribution in [0.1, 0.15) is 17.3 Å². The predicted octanol–water partition coefficient (Wildman–Crippen LogP) is 3.46. The summed E-state index contributed by atoms with van der Waals surface area (Å²) in [5, 5.41) is 8.60. The van der Waals surface area contributed by atoms with Crippen LogP contribution in [0.25, 0.3) is 11.6 Å². The summed E-state index contributed by atoms with van der Waals surface area (Å²) in [6.07, 6.45) is 1.58. The predicted molar refractivity (Wildman–Crippen MR) is 97.9 cm³/mol. The fraction of sp³-hybridized carbons (Fsp3) is 0.278. The lowest BCUT2D eigenvalue weighted by atomic mass is 10.1. The van der Waals surface area contributed by atoms with E-state index in [4.69, 9.17) is 13.9 Å². The van der Waals surface area contributed by atoms with E-state index in [2.05, 4.69) is 10.2 Å². The number of carbonyl (C=O) groups excluding carboxylic acids is 1. The molecule has 26 heavy (non-hydrogen) atoms. The molecule has 0 fully saturated rings. The number of furan rings is 1. The molecule has 1 atom stereocenters. The van der Waals surface area contributed by atoms with E-state index in [1.54, 1.807) is 44.7 Å². The lowest BCUT2D eigenvalue weighted by molar-refractivity contribution is 0.0993. The number of nitrogens with zero attached hydrogens (tertiary/aromatic N) is 3. The monoisotopic (exact) mass is 373 g/mol. The largest absolute Gasteiger partial charge is 0.493 e. The van der Waals surface area contributed by atoms with E-state index >= 15 is 0 Å². The Bertz CT molecular complexity index is 905. The van der Waals surface area contributed by atoms with Crippen LogP contribution in [0.2, 0.25) is 0 Å². The molecule has 3 rings (SSSR count). The van der Waals surface area contributed by atoms with E-state index in [1.165, 1.54) is 11.8 Å². The molecule has 2 heterocycles. The molecule has 0 aliphatic rings. The smallest absolute Gasteiger partial charge is 0.200 e. The summed E-state index contributed by atoms with van der Waals surface area (Å²) in [5.74, 6) is 2.32. The molecule has 0 unspecified atom stereocenters. The van der Waals surface area contributed by atoms with E-state index in [9.17, 15) is 4.79 Å². The molecular formula is C18H19N3O4S. The zero-order valence-electron chi connectivity index (χ0n) is 14.9. The molecule has 136 valence electrons. The molecule has 0 bridgehead atoms. The summed E-state index contributed by atoms with van der Waals surface area (Å²) in [4.78, 5) is 12.8. The number of thioether (sulfide) groups is 1. The summed E-state index contributed by atoms with van der Waals surface area (Å²) >= 11 is 1.34. The molecule has 3 aromatic rings. The van der Waals surface area contributed by atoms with Gasteiger partial charge in [-0.3, -0.25) is 4.79 Å². The van der Waals surface area contributed by atoms with Crippen molar-refractivity contribution in [1.82, 2.24) is 14.8 Å². The van der Waals surface area contributed by atoms with Crippen molar-refractivity contribution < 1.29 is 18.7 Å². The van der Waals surface area contributed by atoms with E-state index < -0.39 is 0 Å². The van der Waals surface area contributed by atoms with Crippen molar-refractivity contribution in [3.8, 4) is 23.1 Å². The van der Waals surface area contributed by atoms with Gasteiger partial charge in [-0.05, 0) is 37.3 Å². The Morgan fingerprint density at radius 2 is 1.96 bits per heavy atom. The maximum absolute atomic E-state index is 12.8. The fourth-order valence-electron chi connectivity index (χ4n) is 2.47. The van der Waals surface area contributed by atoms with Crippen molar-refractivity contribution in [2.24, 2.45) is 7.05 Å². The maximum atomic E-state index is 12.8. The highest BCUT2D eigenvalue weighted by molar-refractivity contribution is 8.00. The molecule has 0 saturated heterocycles. The van der Waals surface area contributed by atoms with Gasteiger partial charge in [-0.1, -0.05) is 11.8 Å². The van der Waals surface area contributed by atoms with Gasteiger partial charge in [0.05, 0.1) is 25.7 Å². The summed E-state index contributed by atoms with van der Waals surface area (Å²) in [6.45, 7) is 1.84. The first kappa shape index (κ1) is 18.1. The van der Waals surface area contributed by atoms with Crippen LogP contribution in [0, 0.1) is 0 Å². The van der Waals surface area contributed by atoms with Gasteiger partial charge in [0.1, 0.15) is 0 Å². The number of aromatic nitrogens is 3. The number of ether oxygens (including phenoxy) is 2. The minimum Gasteiger partial charge on any atom is -0.493 e. The highest BCUT2D eigenvalue weighted by atomic mass is 32.2. The van der Waals surface area contributed by atoms with Gasteiger partial charge in [0.2, 0.25) is 0 Å². The summed E-state index contributed by atoms with van der Waals surface area (Å²) in [7, 11) is 4.94. The molecule has 0 aliphatic heterocycles. The van der Waals surface area contributed by atoms with Crippen LogP contribution < -0.4 is 9.47 Å². The minimum absolute atomic E-state index is 0.0292. The lowest BCUT2D eigenvalue weighted by Gasteiger charge is -2.12. The van der Waals surface area contributed by atoms with Crippen LogP contribution in [0.5, 0.6) is 11.5 Å². The maximum Gasteiger partial charge on any atom is 0.200 e. The van der Waals surface area contributed by atoms with E-state index in [0.29, 0.717) is 33.8 Å². The van der Waals surface area contributed by atoms with Gasteiger partial charge >= 0.3 is 0 Å². The first-order valence-corrected chi connectivity index (χ1v) is 8.79. The van der Waals surface area contributed by atoms with Crippen molar-refractivity contribution in [3.05, 3.63) is 42.2 Å². The minimum atomic E-state index is -0.347. The van der Waals surface area contributed by atoms with Crippen molar-refractivity contribution in [1.29, 1.82) is 0 Å². The molecule has 1 aromatic carbocycles.